The summed E-state index contributed by atoms with van der Waals surface area (Å²) in [7, 11) is 0. The zero-order chi connectivity index (χ0) is 11.5. The fourth-order valence-corrected chi connectivity index (χ4v) is 2.08. The van der Waals surface area contributed by atoms with Gasteiger partial charge in [0.2, 0.25) is 0 Å². The highest BCUT2D eigenvalue weighted by molar-refractivity contribution is 5.51. The van der Waals surface area contributed by atoms with E-state index >= 15 is 0 Å². The van der Waals surface area contributed by atoms with Crippen LogP contribution in [0.3, 0.4) is 0 Å². The third-order valence-corrected chi connectivity index (χ3v) is 3.02. The molecule has 1 aromatic heterocycles. The summed E-state index contributed by atoms with van der Waals surface area (Å²) in [5.74, 6) is 0. The first kappa shape index (κ1) is 10.3. The van der Waals surface area contributed by atoms with Crippen LogP contribution < -0.4 is 10.2 Å². The number of benzene rings is 1. The molecule has 5 heteroatoms. The van der Waals surface area contributed by atoms with E-state index in [2.05, 4.69) is 44.6 Å². The average Bonchev–Trinajstić information content (AvgIpc) is 2.94. The maximum absolute atomic E-state index is 4.11. The van der Waals surface area contributed by atoms with Crippen molar-refractivity contribution in [2.45, 2.75) is 0 Å². The second-order valence-electron chi connectivity index (χ2n) is 4.09. The van der Waals surface area contributed by atoms with Crippen molar-refractivity contribution in [3.8, 4) is 5.69 Å². The normalized spacial score (nSPS) is 16.1. The van der Waals surface area contributed by atoms with E-state index in [1.54, 1.807) is 17.3 Å². The van der Waals surface area contributed by atoms with E-state index in [4.69, 9.17) is 0 Å². The van der Waals surface area contributed by atoms with E-state index in [9.17, 15) is 0 Å². The highest BCUT2D eigenvalue weighted by Crippen LogP contribution is 2.17. The summed E-state index contributed by atoms with van der Waals surface area (Å²) in [5.41, 5.74) is 2.32. The lowest BCUT2D eigenvalue weighted by atomic mass is 10.2. The van der Waals surface area contributed by atoms with Gasteiger partial charge in [0.05, 0.1) is 5.69 Å². The second kappa shape index (κ2) is 4.55. The van der Waals surface area contributed by atoms with Crippen LogP contribution in [0.5, 0.6) is 0 Å². The Morgan fingerprint density at radius 2 is 1.71 bits per heavy atom. The van der Waals surface area contributed by atoms with E-state index in [0.29, 0.717) is 0 Å². The highest BCUT2D eigenvalue weighted by atomic mass is 15.3. The number of hydrogen-bond acceptors (Lipinski definition) is 4. The van der Waals surface area contributed by atoms with Crippen molar-refractivity contribution >= 4 is 5.69 Å². The SMILES string of the molecule is c1ncn(-c2ccc(N3CCNCC3)cc2)n1. The van der Waals surface area contributed by atoms with Gasteiger partial charge in [-0.05, 0) is 24.3 Å². The maximum Gasteiger partial charge on any atom is 0.138 e. The van der Waals surface area contributed by atoms with Gasteiger partial charge in [0.1, 0.15) is 12.7 Å². The Labute approximate surface area is 100 Å². The monoisotopic (exact) mass is 229 g/mol. The van der Waals surface area contributed by atoms with E-state index < -0.39 is 0 Å². The van der Waals surface area contributed by atoms with Gasteiger partial charge < -0.3 is 10.2 Å². The molecule has 1 fully saturated rings. The molecule has 1 aliphatic heterocycles. The molecule has 2 aromatic rings. The molecule has 0 saturated carbocycles. The van der Waals surface area contributed by atoms with Crippen molar-refractivity contribution in [1.82, 2.24) is 20.1 Å². The molecule has 1 N–H and O–H groups in total. The fourth-order valence-electron chi connectivity index (χ4n) is 2.08. The zero-order valence-corrected chi connectivity index (χ0v) is 9.58. The fraction of sp³-hybridized carbons (Fsp3) is 0.333. The average molecular weight is 229 g/mol. The van der Waals surface area contributed by atoms with Crippen molar-refractivity contribution < 1.29 is 0 Å². The van der Waals surface area contributed by atoms with Crippen molar-refractivity contribution in [3.63, 3.8) is 0 Å². The number of nitrogens with one attached hydrogen (secondary N) is 1. The van der Waals surface area contributed by atoms with Crippen LogP contribution in [0.2, 0.25) is 0 Å². The van der Waals surface area contributed by atoms with Crippen LogP contribution >= 0.6 is 0 Å². The number of rotatable bonds is 2. The molecule has 0 aliphatic carbocycles. The van der Waals surface area contributed by atoms with Crippen LogP contribution in [0.1, 0.15) is 0 Å². The molecule has 17 heavy (non-hydrogen) atoms. The zero-order valence-electron chi connectivity index (χ0n) is 9.58. The predicted molar refractivity (Wildman–Crippen MR) is 66.4 cm³/mol. The molecular formula is C12H15N5. The smallest absolute Gasteiger partial charge is 0.138 e. The summed E-state index contributed by atoms with van der Waals surface area (Å²) >= 11 is 0. The van der Waals surface area contributed by atoms with Crippen molar-refractivity contribution in [2.24, 2.45) is 0 Å². The van der Waals surface area contributed by atoms with Gasteiger partial charge in [-0.3, -0.25) is 0 Å². The number of aromatic nitrogens is 3. The Kier molecular flexibility index (Phi) is 2.75. The minimum absolute atomic E-state index is 1.04. The molecule has 1 aromatic carbocycles. The van der Waals surface area contributed by atoms with Crippen LogP contribution in [-0.2, 0) is 0 Å². The quantitative estimate of drug-likeness (QED) is 0.822. The molecule has 0 bridgehead atoms. The molecule has 0 radical (unpaired) electrons. The van der Waals surface area contributed by atoms with Crippen LogP contribution in [-0.4, -0.2) is 40.9 Å². The Morgan fingerprint density at radius 3 is 2.35 bits per heavy atom. The van der Waals surface area contributed by atoms with Gasteiger partial charge in [0, 0.05) is 31.9 Å². The van der Waals surface area contributed by atoms with E-state index in [1.165, 1.54) is 5.69 Å². The van der Waals surface area contributed by atoms with E-state index in [0.717, 1.165) is 31.9 Å². The number of hydrogen-bond donors (Lipinski definition) is 1. The van der Waals surface area contributed by atoms with Gasteiger partial charge >= 0.3 is 0 Å². The van der Waals surface area contributed by atoms with Gasteiger partial charge in [-0.25, -0.2) is 9.67 Å². The molecule has 5 nitrogen and oxygen atoms in total. The van der Waals surface area contributed by atoms with Crippen LogP contribution in [0.4, 0.5) is 5.69 Å². The minimum Gasteiger partial charge on any atom is -0.369 e. The lowest BCUT2D eigenvalue weighted by Gasteiger charge is -2.29. The molecule has 2 heterocycles. The molecule has 0 unspecified atom stereocenters. The van der Waals surface area contributed by atoms with Gasteiger partial charge in [-0.1, -0.05) is 0 Å². The Morgan fingerprint density at radius 1 is 1.00 bits per heavy atom. The summed E-state index contributed by atoms with van der Waals surface area (Å²) in [6.45, 7) is 4.26. The Balaban J connectivity index is 1.80. The molecule has 0 amide bonds. The summed E-state index contributed by atoms with van der Waals surface area (Å²) < 4.78 is 1.77. The molecule has 0 atom stereocenters. The Bertz CT molecular complexity index is 456. The topological polar surface area (TPSA) is 46.0 Å². The van der Waals surface area contributed by atoms with Crippen molar-refractivity contribution in [2.75, 3.05) is 31.1 Å². The first-order valence-corrected chi connectivity index (χ1v) is 5.84. The first-order chi connectivity index (χ1) is 8.43. The van der Waals surface area contributed by atoms with Gasteiger partial charge in [0.25, 0.3) is 0 Å². The standard InChI is InChI=1S/C12H15N5/c1-3-12(17-10-14-9-15-17)4-2-11(1)16-7-5-13-6-8-16/h1-4,9-10,13H,5-8H2. The summed E-state index contributed by atoms with van der Waals surface area (Å²) in [6, 6.07) is 8.43. The molecule has 88 valence electrons. The highest BCUT2D eigenvalue weighted by Gasteiger charge is 2.09. The van der Waals surface area contributed by atoms with Crippen LogP contribution in [0.25, 0.3) is 5.69 Å². The van der Waals surface area contributed by atoms with Crippen molar-refractivity contribution in [3.05, 3.63) is 36.9 Å². The predicted octanol–water partition coefficient (Wildman–Crippen LogP) is 0.677. The van der Waals surface area contributed by atoms with E-state index in [1.807, 2.05) is 0 Å². The van der Waals surface area contributed by atoms with Crippen LogP contribution in [0, 0.1) is 0 Å². The van der Waals surface area contributed by atoms with Crippen molar-refractivity contribution in [1.29, 1.82) is 0 Å². The number of piperazine rings is 1. The maximum atomic E-state index is 4.11. The molecule has 1 aliphatic rings. The largest absolute Gasteiger partial charge is 0.369 e. The number of nitrogens with zero attached hydrogens (tertiary/aromatic N) is 4. The second-order valence-corrected chi connectivity index (χ2v) is 4.09. The van der Waals surface area contributed by atoms with Gasteiger partial charge in [-0.2, -0.15) is 5.10 Å². The summed E-state index contributed by atoms with van der Waals surface area (Å²) in [5, 5.41) is 7.46. The molecule has 1 saturated heterocycles. The lowest BCUT2D eigenvalue weighted by Crippen LogP contribution is -2.43. The molecule has 0 spiro atoms. The number of anilines is 1. The third-order valence-electron chi connectivity index (χ3n) is 3.02. The first-order valence-electron chi connectivity index (χ1n) is 5.84. The lowest BCUT2D eigenvalue weighted by molar-refractivity contribution is 0.589. The molecule has 3 rings (SSSR count). The van der Waals surface area contributed by atoms with Gasteiger partial charge in [-0.15, -0.1) is 0 Å². The molecular weight excluding hydrogens is 214 g/mol. The van der Waals surface area contributed by atoms with Crippen LogP contribution in [0.15, 0.2) is 36.9 Å². The van der Waals surface area contributed by atoms with E-state index in [-0.39, 0.29) is 0 Å². The summed E-state index contributed by atoms with van der Waals surface area (Å²) in [4.78, 5) is 6.33. The Hall–Kier alpha value is -1.88. The van der Waals surface area contributed by atoms with Gasteiger partial charge in [0.15, 0.2) is 0 Å². The minimum atomic E-state index is 1.04. The third kappa shape index (κ3) is 2.14. The summed E-state index contributed by atoms with van der Waals surface area (Å²) in [6.07, 6.45) is 3.25.